The Labute approximate surface area is 133 Å². The molecule has 3 N–H and O–H groups in total. The van der Waals surface area contributed by atoms with Crippen LogP contribution in [0.15, 0.2) is 0 Å². The standard InChI is InChI=1S/C14H25F3N2O4/c1-12(2,3)23-11(22)19-6-4-13(9-20,5-7-19)18-8-10(21)14(15,16)17/h10,18,20-21H,4-9H2,1-3H3/t10-/m0/s1. The summed E-state index contributed by atoms with van der Waals surface area (Å²) in [6, 6.07) is 0. The van der Waals surface area contributed by atoms with Gasteiger partial charge in [-0.3, -0.25) is 0 Å². The number of likely N-dealkylation sites (tertiary alicyclic amines) is 1. The van der Waals surface area contributed by atoms with Crippen molar-refractivity contribution in [1.82, 2.24) is 10.2 Å². The van der Waals surface area contributed by atoms with Gasteiger partial charge in [0.2, 0.25) is 0 Å². The number of aliphatic hydroxyl groups is 2. The lowest BCUT2D eigenvalue weighted by atomic mass is 9.88. The highest BCUT2D eigenvalue weighted by atomic mass is 19.4. The van der Waals surface area contributed by atoms with Crippen LogP contribution in [0.4, 0.5) is 18.0 Å². The second kappa shape index (κ2) is 7.23. The van der Waals surface area contributed by atoms with Crippen molar-refractivity contribution in [2.45, 2.75) is 57.0 Å². The average Bonchev–Trinajstić information content (AvgIpc) is 2.42. The van der Waals surface area contributed by atoms with Gasteiger partial charge < -0.3 is 25.2 Å². The first-order chi connectivity index (χ1) is 10.4. The molecule has 0 unspecified atom stereocenters. The Morgan fingerprint density at radius 1 is 1.30 bits per heavy atom. The number of amides is 1. The van der Waals surface area contributed by atoms with Crippen molar-refractivity contribution in [3.8, 4) is 0 Å². The van der Waals surface area contributed by atoms with Gasteiger partial charge in [-0.05, 0) is 33.6 Å². The number of ether oxygens (including phenoxy) is 1. The van der Waals surface area contributed by atoms with Crippen LogP contribution in [0.5, 0.6) is 0 Å². The highest BCUT2D eigenvalue weighted by Gasteiger charge is 2.41. The highest BCUT2D eigenvalue weighted by molar-refractivity contribution is 5.68. The lowest BCUT2D eigenvalue weighted by molar-refractivity contribution is -0.203. The maximum absolute atomic E-state index is 12.3. The Hall–Kier alpha value is -1.06. The minimum atomic E-state index is -4.71. The summed E-state index contributed by atoms with van der Waals surface area (Å²) in [5.74, 6) is 0. The molecule has 23 heavy (non-hydrogen) atoms. The monoisotopic (exact) mass is 342 g/mol. The molecule has 0 spiro atoms. The second-order valence-electron chi connectivity index (χ2n) is 6.84. The Balaban J connectivity index is 2.55. The molecule has 1 atom stereocenters. The second-order valence-corrected chi connectivity index (χ2v) is 6.84. The van der Waals surface area contributed by atoms with Crippen LogP contribution in [0.3, 0.4) is 0 Å². The summed E-state index contributed by atoms with van der Waals surface area (Å²) in [5.41, 5.74) is -1.57. The summed E-state index contributed by atoms with van der Waals surface area (Å²) in [4.78, 5) is 13.4. The highest BCUT2D eigenvalue weighted by Crippen LogP contribution is 2.25. The van der Waals surface area contributed by atoms with E-state index in [4.69, 9.17) is 9.84 Å². The van der Waals surface area contributed by atoms with Crippen molar-refractivity contribution >= 4 is 6.09 Å². The minimum Gasteiger partial charge on any atom is -0.444 e. The normalized spacial score (nSPS) is 20.3. The number of nitrogens with one attached hydrogen (secondary N) is 1. The lowest BCUT2D eigenvalue weighted by Gasteiger charge is -2.42. The number of rotatable bonds is 4. The largest absolute Gasteiger partial charge is 0.444 e. The molecule has 9 heteroatoms. The maximum atomic E-state index is 12.3. The van der Waals surface area contributed by atoms with Gasteiger partial charge >= 0.3 is 12.3 Å². The summed E-state index contributed by atoms with van der Waals surface area (Å²) in [6.07, 6.45) is -7.14. The topological polar surface area (TPSA) is 82.0 Å². The van der Waals surface area contributed by atoms with E-state index in [0.717, 1.165) is 0 Å². The molecule has 0 radical (unpaired) electrons. The molecule has 0 aliphatic carbocycles. The molecule has 136 valence electrons. The summed E-state index contributed by atoms with van der Waals surface area (Å²) in [7, 11) is 0. The van der Waals surface area contributed by atoms with E-state index in [1.54, 1.807) is 20.8 Å². The number of nitrogens with zero attached hydrogens (tertiary/aromatic N) is 1. The van der Waals surface area contributed by atoms with Crippen LogP contribution in [0.1, 0.15) is 33.6 Å². The van der Waals surface area contributed by atoms with Crippen LogP contribution < -0.4 is 5.32 Å². The van der Waals surface area contributed by atoms with Crippen LogP contribution in [0, 0.1) is 0 Å². The average molecular weight is 342 g/mol. The number of hydrogen-bond donors (Lipinski definition) is 3. The minimum absolute atomic E-state index is 0.255. The van der Waals surface area contributed by atoms with Gasteiger partial charge in [0, 0.05) is 25.2 Å². The van der Waals surface area contributed by atoms with E-state index in [2.05, 4.69) is 5.32 Å². The van der Waals surface area contributed by atoms with Crippen molar-refractivity contribution in [2.75, 3.05) is 26.2 Å². The molecule has 0 bridgehead atoms. The Bertz CT molecular complexity index is 402. The van der Waals surface area contributed by atoms with Gasteiger partial charge in [-0.25, -0.2) is 4.79 Å². The van der Waals surface area contributed by atoms with E-state index >= 15 is 0 Å². The van der Waals surface area contributed by atoms with Gasteiger partial charge in [-0.2, -0.15) is 13.2 Å². The fraction of sp³-hybridized carbons (Fsp3) is 0.929. The summed E-state index contributed by atoms with van der Waals surface area (Å²) < 4.78 is 42.2. The third-order valence-electron chi connectivity index (χ3n) is 3.72. The van der Waals surface area contributed by atoms with Gasteiger partial charge in [-0.15, -0.1) is 0 Å². The molecule has 1 aliphatic heterocycles. The zero-order valence-corrected chi connectivity index (χ0v) is 13.6. The third-order valence-corrected chi connectivity index (χ3v) is 3.72. The summed E-state index contributed by atoms with van der Waals surface area (Å²) >= 11 is 0. The van der Waals surface area contributed by atoms with Gasteiger partial charge in [0.15, 0.2) is 6.10 Å². The maximum Gasteiger partial charge on any atom is 0.415 e. The van der Waals surface area contributed by atoms with E-state index in [0.29, 0.717) is 0 Å². The quantitative estimate of drug-likeness (QED) is 0.717. The number of piperidine rings is 1. The van der Waals surface area contributed by atoms with E-state index in [1.807, 2.05) is 0 Å². The van der Waals surface area contributed by atoms with E-state index in [9.17, 15) is 23.1 Å². The first-order valence-corrected chi connectivity index (χ1v) is 7.47. The van der Waals surface area contributed by atoms with E-state index < -0.39 is 36.1 Å². The van der Waals surface area contributed by atoms with Crippen LogP contribution in [0.25, 0.3) is 0 Å². The SMILES string of the molecule is CC(C)(C)OC(=O)N1CCC(CO)(NC[C@H](O)C(F)(F)F)CC1. The number of β-amino-alcohol motifs (C(OH)–C–C–N with tert-alkyl or cyclic N) is 1. The molecule has 1 fully saturated rings. The van der Waals surface area contributed by atoms with Crippen LogP contribution in [0.2, 0.25) is 0 Å². The number of hydrogen-bond acceptors (Lipinski definition) is 5. The van der Waals surface area contributed by atoms with Crippen molar-refractivity contribution in [2.24, 2.45) is 0 Å². The smallest absolute Gasteiger partial charge is 0.415 e. The van der Waals surface area contributed by atoms with Crippen LogP contribution in [-0.4, -0.2) is 70.9 Å². The molecule has 1 rings (SSSR count). The number of carbonyl (C=O) groups is 1. The van der Waals surface area contributed by atoms with Gasteiger partial charge in [0.25, 0.3) is 0 Å². The molecule has 1 aliphatic rings. The van der Waals surface area contributed by atoms with Gasteiger partial charge in [0.05, 0.1) is 6.61 Å². The molecule has 0 aromatic rings. The Morgan fingerprint density at radius 3 is 2.22 bits per heavy atom. The predicted octanol–water partition coefficient (Wildman–Crippen LogP) is 1.26. The van der Waals surface area contributed by atoms with Gasteiger partial charge in [0.1, 0.15) is 5.60 Å². The summed E-state index contributed by atoms with van der Waals surface area (Å²) in [5, 5.41) is 21.1. The summed E-state index contributed by atoms with van der Waals surface area (Å²) in [6.45, 7) is 4.66. The van der Waals surface area contributed by atoms with Crippen molar-refractivity contribution < 1.29 is 32.9 Å². The fourth-order valence-corrected chi connectivity index (χ4v) is 2.26. The number of halogens is 3. The Kier molecular flexibility index (Phi) is 6.28. The first-order valence-electron chi connectivity index (χ1n) is 7.47. The number of carbonyl (C=O) groups excluding carboxylic acids is 1. The predicted molar refractivity (Wildman–Crippen MR) is 76.9 cm³/mol. The molecule has 0 aromatic heterocycles. The molecule has 1 saturated heterocycles. The molecular formula is C14H25F3N2O4. The van der Waals surface area contributed by atoms with Crippen molar-refractivity contribution in [3.63, 3.8) is 0 Å². The van der Waals surface area contributed by atoms with E-state index in [1.165, 1.54) is 4.90 Å². The zero-order chi connectivity index (χ0) is 17.9. The van der Waals surface area contributed by atoms with Crippen molar-refractivity contribution in [3.05, 3.63) is 0 Å². The molecular weight excluding hydrogens is 317 g/mol. The molecule has 1 heterocycles. The van der Waals surface area contributed by atoms with Gasteiger partial charge in [-0.1, -0.05) is 0 Å². The third kappa shape index (κ3) is 6.15. The molecule has 0 aromatic carbocycles. The number of aliphatic hydroxyl groups excluding tert-OH is 2. The molecule has 6 nitrogen and oxygen atoms in total. The lowest BCUT2D eigenvalue weighted by Crippen LogP contribution is -2.59. The molecule has 0 saturated carbocycles. The fourth-order valence-electron chi connectivity index (χ4n) is 2.26. The number of alkyl halides is 3. The zero-order valence-electron chi connectivity index (χ0n) is 13.6. The molecule has 1 amide bonds. The van der Waals surface area contributed by atoms with Crippen LogP contribution >= 0.6 is 0 Å². The van der Waals surface area contributed by atoms with Crippen LogP contribution in [-0.2, 0) is 4.74 Å². The van der Waals surface area contributed by atoms with Crippen molar-refractivity contribution in [1.29, 1.82) is 0 Å². The van der Waals surface area contributed by atoms with E-state index in [-0.39, 0.29) is 32.5 Å². The first kappa shape index (κ1) is 20.0. The Morgan fingerprint density at radius 2 is 1.83 bits per heavy atom.